The normalized spacial score (nSPS) is 16.9. The van der Waals surface area contributed by atoms with Gasteiger partial charge in [-0.25, -0.2) is 95.7 Å². The molecule has 0 saturated carbocycles. The lowest BCUT2D eigenvalue weighted by molar-refractivity contribution is -0.128. The number of carbonyl (C=O) groups is 3. The van der Waals surface area contributed by atoms with Crippen molar-refractivity contribution in [1.29, 1.82) is 0 Å². The maximum absolute atomic E-state index is 15.2. The van der Waals surface area contributed by atoms with E-state index in [0.717, 1.165) is 0 Å². The number of pyridine rings is 3. The Morgan fingerprint density at radius 2 is 0.655 bits per heavy atom. The number of hydrogen-bond acceptors (Lipinski definition) is 25. The van der Waals surface area contributed by atoms with Gasteiger partial charge in [0.05, 0.1) is 99.5 Å². The van der Waals surface area contributed by atoms with Gasteiger partial charge in [-0.05, 0) is 216 Å². The highest BCUT2D eigenvalue weighted by Gasteiger charge is 2.42. The number of amides is 3. The molecule has 12 aromatic rings. The fraction of sp³-hybridized carbons (Fsp3) is 0.456. The summed E-state index contributed by atoms with van der Waals surface area (Å²) in [5.41, 5.74) is 4.46. The van der Waals surface area contributed by atoms with Gasteiger partial charge in [0.25, 0.3) is 0 Å². The minimum atomic E-state index is -1.17. The molecule has 31 nitrogen and oxygen atoms in total. The summed E-state index contributed by atoms with van der Waals surface area (Å²) in [5.74, 6) is 0.280. The van der Waals surface area contributed by atoms with Crippen LogP contribution in [0.3, 0.4) is 0 Å². The van der Waals surface area contributed by atoms with Crippen molar-refractivity contribution in [3.8, 4) is 50.8 Å². The number of piperazine rings is 3. The van der Waals surface area contributed by atoms with Crippen LogP contribution in [-0.4, -0.2) is 210 Å². The Kier molecular flexibility index (Phi) is 33.8. The maximum Gasteiger partial charge on any atom is 0.448 e. The highest BCUT2D eigenvalue weighted by molar-refractivity contribution is 9.10. The van der Waals surface area contributed by atoms with Crippen LogP contribution in [0.5, 0.6) is 0 Å². The number of aryl methyl sites for hydroxylation is 2. The SMILES string of the molecule is C=CC(=O)N1C[C@H](C)N(c2nc(=O)n(-c3c(C(C)C)nc(C)nc3C(C)C)c3nc(-c4ccccc4F)c(Cl)cc23)C[C@H]1C.CB(O)O.CC(C)c1nc(Br)nc(C(C)C)c1-n1c(=O)nc(N2C[C@@H](C)N(C(=O)OC(C)(C)C)C[C@@H]2C)c2cc(Cl)c(-c3ccccc3F)nc21.Cc1nc(C(C)C)c(-n2c(=O)nc(N3C[C@@H](C)N(C(=O)OC(C)(C)C)C[C@@H]3C)c3cc(Cl)c(-c4ccccc4F)nc32)c(C(C)C)n1. The number of carbonyl (C=O) groups excluding carboxylic acids is 3. The first-order valence-corrected chi connectivity index (χ1v) is 49.5. The molecular formula is C103H125BBrCl3F3N21O10. The van der Waals surface area contributed by atoms with Crippen molar-refractivity contribution < 1.29 is 47.1 Å². The number of rotatable bonds is 16. The largest absolute Gasteiger partial charge is 0.448 e. The average Bonchev–Trinajstić information content (AvgIpc) is 0.735. The standard InChI is InChI=1S/C35H43ClFN7O3.C34H40BrClFN7O3.C33H37ClFN7O2.CH5BO2/c1-18(2)27-30(28(19(3)4)39-22(7)38-27)44-32-24(15-25(36)29(40-32)23-13-11-12-14-26(23)37)31(41-33(44)45)42-16-21(6)43(17-20(42)5)34(46)47-35(8,9)10;1-17(2)25-28(26(18(3)4)40-31(35)39-25)44-30-22(14-23(36)27(38-30)21-12-10-11-13-24(21)37)29(41-32(44)45)42-15-20(6)43(16-19(42)5)33(46)47-34(7,8)9;1-9-26(43)40-15-20(7)41(16-19(40)6)31-23-14-24(34)29(22-12-10-11-13-25(22)35)38-32(23)42(33(44)39-31)30-27(17(2)3)36-21(8)37-28(30)18(4)5;1-2(3)4/h11-15,18-21H,16-17H2,1-10H3;10-14,17-20H,15-16H2,1-9H3;9-14,17-20H,1,15-16H2,2-8H3;3-4H,1H3/t20-,21+;2*19-,20+;/m001./s1. The Morgan fingerprint density at radius 1 is 0.415 bits per heavy atom. The van der Waals surface area contributed by atoms with Gasteiger partial charge < -0.3 is 48.9 Å². The minimum absolute atomic E-state index is 0.0551. The van der Waals surface area contributed by atoms with Crippen LogP contribution in [0, 0.1) is 31.3 Å². The summed E-state index contributed by atoms with van der Waals surface area (Å²) in [7, 11) is -1.17. The Morgan fingerprint density at radius 3 is 0.894 bits per heavy atom. The number of fused-ring (bicyclic) bond motifs is 3. The number of nitrogens with zero attached hydrogens (tertiary/aromatic N) is 21. The van der Waals surface area contributed by atoms with E-state index in [9.17, 15) is 28.8 Å². The van der Waals surface area contributed by atoms with E-state index in [4.69, 9.17) is 89.2 Å². The van der Waals surface area contributed by atoms with Gasteiger partial charge in [0.1, 0.15) is 57.8 Å². The van der Waals surface area contributed by atoms with Crippen molar-refractivity contribution in [1.82, 2.24) is 88.2 Å². The molecule has 15 rings (SSSR count). The summed E-state index contributed by atoms with van der Waals surface area (Å²) in [6.07, 6.45) is 0.511. The molecule has 754 valence electrons. The highest BCUT2D eigenvalue weighted by Crippen LogP contribution is 2.44. The summed E-state index contributed by atoms with van der Waals surface area (Å²) in [6, 6.07) is 22.4. The monoisotopic (exact) mass is 2070 g/mol. The zero-order chi connectivity index (χ0) is 105. The second-order valence-corrected chi connectivity index (χ2v) is 42.1. The van der Waals surface area contributed by atoms with Crippen LogP contribution >= 0.6 is 50.7 Å². The van der Waals surface area contributed by atoms with Crippen molar-refractivity contribution in [2.45, 2.75) is 270 Å². The quantitative estimate of drug-likeness (QED) is 0.0515. The van der Waals surface area contributed by atoms with Crippen LogP contribution in [0.15, 0.2) is 123 Å². The number of ether oxygens (including phenoxy) is 2. The predicted octanol–water partition coefficient (Wildman–Crippen LogP) is 20.6. The molecule has 0 radical (unpaired) electrons. The van der Waals surface area contributed by atoms with Gasteiger partial charge in [0.15, 0.2) is 21.7 Å². The molecule has 3 fully saturated rings. The Balaban J connectivity index is 0.000000187. The smallest absolute Gasteiger partial charge is 0.444 e. The Bertz CT molecular complexity index is 6650. The molecule has 0 bridgehead atoms. The summed E-state index contributed by atoms with van der Waals surface area (Å²) < 4.78 is 61.5. The van der Waals surface area contributed by atoms with Gasteiger partial charge in [-0.3, -0.25) is 4.79 Å². The molecule has 0 aliphatic carbocycles. The molecule has 3 amide bonds. The van der Waals surface area contributed by atoms with E-state index >= 15 is 13.2 Å². The molecular weight excluding hydrogens is 1950 g/mol. The van der Waals surface area contributed by atoms with Crippen LogP contribution < -0.4 is 31.8 Å². The van der Waals surface area contributed by atoms with Gasteiger partial charge in [-0.1, -0.05) is 161 Å². The van der Waals surface area contributed by atoms with Gasteiger partial charge in [-0.2, -0.15) is 15.0 Å². The molecule has 3 aromatic carbocycles. The van der Waals surface area contributed by atoms with E-state index in [1.807, 2.05) is 195 Å². The molecule has 39 heteroatoms. The Labute approximate surface area is 849 Å². The molecule has 3 aliphatic heterocycles. The lowest BCUT2D eigenvalue weighted by Gasteiger charge is -2.44. The topological polar surface area (TPSA) is 350 Å². The summed E-state index contributed by atoms with van der Waals surface area (Å²) in [4.78, 5) is 150. The van der Waals surface area contributed by atoms with Gasteiger partial charge >= 0.3 is 36.4 Å². The van der Waals surface area contributed by atoms with Crippen molar-refractivity contribution >= 4 is 126 Å². The molecule has 6 atom stereocenters. The van der Waals surface area contributed by atoms with Crippen LogP contribution in [0.25, 0.3) is 83.9 Å². The third-order valence-corrected chi connectivity index (χ3v) is 25.5. The lowest BCUT2D eigenvalue weighted by Crippen LogP contribution is -2.59. The molecule has 3 aliphatic rings. The van der Waals surface area contributed by atoms with Crippen molar-refractivity contribution in [2.75, 3.05) is 54.0 Å². The zero-order valence-corrected chi connectivity index (χ0v) is 89.2. The number of halogens is 7. The van der Waals surface area contributed by atoms with E-state index in [2.05, 4.69) is 47.4 Å². The second kappa shape index (κ2) is 44.1. The minimum Gasteiger partial charge on any atom is -0.444 e. The van der Waals surface area contributed by atoms with E-state index < -0.39 is 65.0 Å². The first kappa shape index (κ1) is 109. The van der Waals surface area contributed by atoms with Gasteiger partial charge in [-0.15, -0.1) is 0 Å². The van der Waals surface area contributed by atoms with Gasteiger partial charge in [0, 0.05) is 92.2 Å². The zero-order valence-electron chi connectivity index (χ0n) is 85.4. The molecule has 0 spiro atoms. The molecule has 9 aromatic heterocycles. The number of aromatic nitrogens is 15. The molecule has 12 heterocycles. The maximum atomic E-state index is 15.2. The number of benzene rings is 3. The van der Waals surface area contributed by atoms with E-state index in [1.54, 1.807) is 87.5 Å². The lowest BCUT2D eigenvalue weighted by atomic mass is 9.99. The van der Waals surface area contributed by atoms with Crippen LogP contribution in [-0.2, 0) is 14.3 Å². The van der Waals surface area contributed by atoms with Crippen LogP contribution in [0.2, 0.25) is 21.9 Å². The first-order valence-electron chi connectivity index (χ1n) is 47.6. The number of anilines is 3. The summed E-state index contributed by atoms with van der Waals surface area (Å²) in [5, 5.41) is 17.4. The fourth-order valence-corrected chi connectivity index (χ4v) is 18.9. The second-order valence-electron chi connectivity index (χ2n) is 40.1. The highest BCUT2D eigenvalue weighted by atomic mass is 79.9. The molecule has 0 unspecified atom stereocenters. The fourth-order valence-electron chi connectivity index (χ4n) is 17.7. The molecule has 2 N–H and O–H groups in total. The summed E-state index contributed by atoms with van der Waals surface area (Å²) >= 11 is 24.0. The Hall–Kier alpha value is -12.0. The molecule has 142 heavy (non-hydrogen) atoms. The third-order valence-electron chi connectivity index (χ3n) is 24.2. The number of hydrogen-bond donors (Lipinski definition) is 2. The predicted molar refractivity (Wildman–Crippen MR) is 558 cm³/mol. The van der Waals surface area contributed by atoms with Crippen molar-refractivity contribution in [2.24, 2.45) is 0 Å². The first-order chi connectivity index (χ1) is 66.5. The van der Waals surface area contributed by atoms with E-state index in [0.29, 0.717) is 140 Å². The van der Waals surface area contributed by atoms with Gasteiger partial charge in [0.2, 0.25) is 5.91 Å². The van der Waals surface area contributed by atoms with Crippen molar-refractivity contribution in [3.63, 3.8) is 0 Å². The van der Waals surface area contributed by atoms with Crippen LogP contribution in [0.4, 0.5) is 40.2 Å². The average molecular weight is 2070 g/mol. The van der Waals surface area contributed by atoms with Crippen molar-refractivity contribution in [3.05, 3.63) is 218 Å². The van der Waals surface area contributed by atoms with E-state index in [-0.39, 0.29) is 143 Å². The molecule has 3 saturated heterocycles. The van der Waals surface area contributed by atoms with E-state index in [1.165, 1.54) is 44.8 Å². The van der Waals surface area contributed by atoms with Crippen LogP contribution in [0.1, 0.15) is 247 Å². The summed E-state index contributed by atoms with van der Waals surface area (Å²) in [6.45, 7) is 57.5. The third kappa shape index (κ3) is 23.4.